The van der Waals surface area contributed by atoms with Crippen molar-refractivity contribution in [2.75, 3.05) is 39.0 Å². The van der Waals surface area contributed by atoms with Crippen LogP contribution in [0.15, 0.2) is 23.0 Å². The first-order chi connectivity index (χ1) is 19.3. The van der Waals surface area contributed by atoms with Gasteiger partial charge in [-0.05, 0) is 65.7 Å². The van der Waals surface area contributed by atoms with E-state index >= 15 is 0 Å². The maximum absolute atomic E-state index is 14.0. The summed E-state index contributed by atoms with van der Waals surface area (Å²) in [7, 11) is 3.10. The van der Waals surface area contributed by atoms with Crippen molar-refractivity contribution in [2.24, 2.45) is 11.8 Å². The zero-order chi connectivity index (χ0) is 30.0. The lowest BCUT2D eigenvalue weighted by molar-refractivity contribution is -0.153. The number of benzene rings is 1. The first-order valence-electron chi connectivity index (χ1n) is 13.4. The highest BCUT2D eigenvalue weighted by Crippen LogP contribution is 2.54. The fraction of sp³-hybridized carbons (Fsp3) is 0.517. The number of aliphatic hydroxyl groups excluding tert-OH is 2. The Labute approximate surface area is 242 Å². The average molecular weight is 583 g/mol. The van der Waals surface area contributed by atoms with Crippen molar-refractivity contribution in [1.29, 1.82) is 5.39 Å². The molecule has 0 radical (unpaired) electrons. The minimum Gasteiger partial charge on any atom is -0.508 e. The number of carbonyl (C=O) groups excluding carboxylic acids is 4. The van der Waals surface area contributed by atoms with Crippen molar-refractivity contribution in [3.8, 4) is 5.75 Å². The molecule has 13 heteroatoms. The molecule has 4 aliphatic rings. The summed E-state index contributed by atoms with van der Waals surface area (Å²) in [5.74, 6) is -7.42. The number of hydrogen-bond acceptors (Lipinski definition) is 11. The smallest absolute Gasteiger partial charge is 0.391 e. The number of nitrogens with one attached hydrogen (secondary N) is 1. The van der Waals surface area contributed by atoms with Crippen LogP contribution >= 0.6 is 0 Å². The van der Waals surface area contributed by atoms with Gasteiger partial charge in [0.05, 0.1) is 35.5 Å². The molecule has 13 nitrogen and oxygen atoms in total. The predicted octanol–water partition coefficient (Wildman–Crippen LogP) is 2.22. The third-order valence-electron chi connectivity index (χ3n) is 8.75. The highest BCUT2D eigenvalue weighted by Gasteiger charge is 2.64. The van der Waals surface area contributed by atoms with E-state index in [4.69, 9.17) is 0 Å². The van der Waals surface area contributed by atoms with Crippen LogP contribution in [0.4, 0.5) is 11.4 Å². The number of ketones is 3. The number of aromatic hydroxyl groups is 1. The molecule has 1 aromatic rings. The number of likely N-dealkylation sites (N-methyl/N-ethyl adjacent to an activating group) is 1. The van der Waals surface area contributed by atoms with Gasteiger partial charge in [-0.2, -0.15) is 0 Å². The zero-order valence-electron chi connectivity index (χ0n) is 23.0. The van der Waals surface area contributed by atoms with Gasteiger partial charge in [-0.3, -0.25) is 29.0 Å². The zero-order valence-corrected chi connectivity index (χ0v) is 23.0. The van der Waals surface area contributed by atoms with Crippen LogP contribution in [0.1, 0.15) is 44.7 Å². The summed E-state index contributed by atoms with van der Waals surface area (Å²) in [4.78, 5) is 58.9. The summed E-state index contributed by atoms with van der Waals surface area (Å²) < 4.78 is 0. The molecule has 1 aliphatic heterocycles. The lowest BCUT2D eigenvalue weighted by Gasteiger charge is -2.50. The number of carbonyl (C=O) groups is 4. The molecule has 1 aromatic carbocycles. The van der Waals surface area contributed by atoms with Crippen molar-refractivity contribution in [1.82, 2.24) is 9.80 Å². The number of likely N-dealkylation sites (tertiary alicyclic amines) is 1. The van der Waals surface area contributed by atoms with Gasteiger partial charge in [-0.1, -0.05) is 7.43 Å². The molecule has 0 bridgehead atoms. The summed E-state index contributed by atoms with van der Waals surface area (Å²) in [6.07, 6.45) is 1.85. The van der Waals surface area contributed by atoms with E-state index in [2.05, 4.69) is 10.3 Å². The van der Waals surface area contributed by atoms with E-state index in [0.29, 0.717) is 0 Å². The second kappa shape index (κ2) is 10.9. The molecule has 0 aromatic heterocycles. The molecule has 2 fully saturated rings. The SMILES string of the molecule is C.CC(=O)C1=C(O)[C@@]2(O)C(=O)C3=C(O)c4c(O)c(NC(=O)CN5CCCC5)cc([N+]#N)c4CC3CC2[C@H](N(C)C)C1=O. The highest BCUT2D eigenvalue weighted by atomic mass is 16.3. The van der Waals surface area contributed by atoms with Gasteiger partial charge in [0.25, 0.3) is 0 Å². The van der Waals surface area contributed by atoms with Crippen molar-refractivity contribution in [3.05, 3.63) is 39.1 Å². The molecule has 1 amide bonds. The minimum atomic E-state index is -2.69. The molecule has 5 N–H and O–H groups in total. The summed E-state index contributed by atoms with van der Waals surface area (Å²) in [6, 6.07) is 0.128. The van der Waals surface area contributed by atoms with Crippen molar-refractivity contribution in [3.63, 3.8) is 0 Å². The number of anilines is 1. The topological polar surface area (TPSA) is 196 Å². The molecule has 42 heavy (non-hydrogen) atoms. The number of diazo groups is 1. The Morgan fingerprint density at radius 1 is 1.19 bits per heavy atom. The largest absolute Gasteiger partial charge is 0.508 e. The Balaban J connectivity index is 0.00000405. The second-order valence-electron chi connectivity index (χ2n) is 11.4. The molecule has 1 heterocycles. The van der Waals surface area contributed by atoms with E-state index in [9.17, 15) is 45.0 Å². The predicted molar refractivity (Wildman–Crippen MR) is 152 cm³/mol. The molecular formula is C29H36N5O8+. The van der Waals surface area contributed by atoms with E-state index in [1.165, 1.54) is 11.0 Å². The highest BCUT2D eigenvalue weighted by molar-refractivity contribution is 6.25. The van der Waals surface area contributed by atoms with Crippen LogP contribution in [0.5, 0.6) is 5.75 Å². The Morgan fingerprint density at radius 3 is 2.40 bits per heavy atom. The molecule has 1 saturated carbocycles. The molecule has 1 saturated heterocycles. The molecule has 4 atom stereocenters. The minimum absolute atomic E-state index is 0. The van der Waals surface area contributed by atoms with Gasteiger partial charge < -0.3 is 25.7 Å². The van der Waals surface area contributed by atoms with Crippen molar-refractivity contribution in [2.45, 2.75) is 51.7 Å². The number of phenols is 1. The number of hydrogen-bond donors (Lipinski definition) is 5. The van der Waals surface area contributed by atoms with Crippen molar-refractivity contribution < 1.29 is 39.6 Å². The number of phenolic OH excluding ortho intramolecular Hbond substituents is 1. The summed E-state index contributed by atoms with van der Waals surface area (Å²) in [6.45, 7) is 2.63. The van der Waals surface area contributed by atoms with Crippen LogP contribution in [0.25, 0.3) is 10.7 Å². The quantitative estimate of drug-likeness (QED) is 0.194. The van der Waals surface area contributed by atoms with Crippen LogP contribution in [0.2, 0.25) is 0 Å². The molecule has 3 aliphatic carbocycles. The first-order valence-corrected chi connectivity index (χ1v) is 13.4. The third-order valence-corrected chi connectivity index (χ3v) is 8.75. The van der Waals surface area contributed by atoms with Gasteiger partial charge in [-0.15, -0.1) is 0 Å². The normalized spacial score (nSPS) is 27.2. The first kappa shape index (κ1) is 30.8. The Morgan fingerprint density at radius 2 is 1.83 bits per heavy atom. The Bertz CT molecular complexity index is 1500. The fourth-order valence-electron chi connectivity index (χ4n) is 6.91. The van der Waals surface area contributed by atoms with E-state index < -0.39 is 69.6 Å². The molecule has 2 unspecified atom stereocenters. The van der Waals surface area contributed by atoms with E-state index in [-0.39, 0.29) is 54.9 Å². The van der Waals surface area contributed by atoms with Gasteiger partial charge in [0.2, 0.25) is 17.1 Å². The van der Waals surface area contributed by atoms with Crippen LogP contribution < -0.4 is 5.32 Å². The van der Waals surface area contributed by atoms with Crippen LogP contribution in [0, 0.1) is 17.2 Å². The van der Waals surface area contributed by atoms with E-state index in [1.807, 2.05) is 4.90 Å². The Hall–Kier alpha value is -4.12. The average Bonchev–Trinajstić information content (AvgIpc) is 3.40. The van der Waals surface area contributed by atoms with Crippen LogP contribution in [0.3, 0.4) is 0 Å². The maximum Gasteiger partial charge on any atom is 0.391 e. The van der Waals surface area contributed by atoms with E-state index in [0.717, 1.165) is 32.9 Å². The summed E-state index contributed by atoms with van der Waals surface area (Å²) in [5, 5.41) is 57.7. The maximum atomic E-state index is 14.0. The van der Waals surface area contributed by atoms with Gasteiger partial charge in [0, 0.05) is 11.5 Å². The Kier molecular flexibility index (Phi) is 8.03. The number of Topliss-reactive ketones (excluding diaryl/α,β-unsaturated/α-hetero) is 3. The number of nitrogens with zero attached hydrogens (tertiary/aromatic N) is 4. The van der Waals surface area contributed by atoms with Gasteiger partial charge >= 0.3 is 5.69 Å². The number of amides is 1. The lowest BCUT2D eigenvalue weighted by atomic mass is 9.57. The number of fused-ring (bicyclic) bond motifs is 3. The van der Waals surface area contributed by atoms with Crippen LogP contribution in [-0.4, -0.2) is 98.9 Å². The van der Waals surface area contributed by atoms with E-state index in [1.54, 1.807) is 14.1 Å². The number of aliphatic hydroxyl groups is 3. The lowest BCUT2D eigenvalue weighted by Crippen LogP contribution is -2.65. The monoisotopic (exact) mass is 582 g/mol. The summed E-state index contributed by atoms with van der Waals surface area (Å²) >= 11 is 0. The summed E-state index contributed by atoms with van der Waals surface area (Å²) in [5.41, 5.74) is -3.95. The fourth-order valence-corrected chi connectivity index (χ4v) is 6.91. The molecule has 5 rings (SSSR count). The van der Waals surface area contributed by atoms with Crippen molar-refractivity contribution >= 4 is 40.4 Å². The second-order valence-corrected chi connectivity index (χ2v) is 11.4. The third kappa shape index (κ3) is 4.46. The van der Waals surface area contributed by atoms with Gasteiger partial charge in [0.15, 0.2) is 27.9 Å². The molecular weight excluding hydrogens is 546 g/mol. The number of rotatable bonds is 5. The van der Waals surface area contributed by atoms with Crippen LogP contribution in [-0.2, 0) is 25.6 Å². The van der Waals surface area contributed by atoms with Gasteiger partial charge in [0.1, 0.15) is 17.1 Å². The van der Waals surface area contributed by atoms with Gasteiger partial charge in [-0.25, -0.2) is 0 Å². The molecule has 0 spiro atoms. The molecule has 224 valence electrons. The standard InChI is InChI=1S/C28H31N5O8.CH4/c1-12(34)19-25(38)22(32(2)3)15-9-13-8-14-16(31-29)10-17(30-18(35)11-33-6-4-5-7-33)23(36)21(14)24(37)20(13)27(40)28(15,41)26(19)39;/h10,13,15,22,29,41H,4-9,11H2,1-3H3,(H2,34,37,38,39,40);1H4/p+1/t13?,15?,22-,28+;/m0./s1.